The third kappa shape index (κ3) is 13.6. The van der Waals surface area contributed by atoms with Gasteiger partial charge < -0.3 is 4.79 Å². The molecule has 0 rings (SSSR count). The summed E-state index contributed by atoms with van der Waals surface area (Å²) in [5, 5.41) is 0. The molecule has 0 spiro atoms. The number of ketones is 2. The third-order valence-corrected chi connectivity index (χ3v) is 3.86. The molecule has 0 fully saturated rings. The first-order valence-corrected chi connectivity index (χ1v) is 8.04. The quantitative estimate of drug-likeness (QED) is 0.436. The van der Waals surface area contributed by atoms with E-state index >= 15 is 0 Å². The van der Waals surface area contributed by atoms with Gasteiger partial charge in [0.1, 0.15) is 11.6 Å². The molecule has 0 aromatic heterocycles. The molecule has 0 aliphatic carbocycles. The number of carbonyl (C=O) groups is 2. The lowest BCUT2D eigenvalue weighted by Gasteiger charge is -2.06. The predicted molar refractivity (Wildman–Crippen MR) is 81.3 cm³/mol. The van der Waals surface area contributed by atoms with Gasteiger partial charge in [-0.3, -0.25) is 4.79 Å². The molecule has 0 radical (unpaired) electrons. The molecule has 0 aromatic rings. The van der Waals surface area contributed by atoms with Crippen LogP contribution in [0.1, 0.15) is 91.4 Å². The zero-order valence-corrected chi connectivity index (χ0v) is 13.2. The molecule has 2 heteroatoms. The first-order valence-electron chi connectivity index (χ1n) is 8.04. The van der Waals surface area contributed by atoms with Crippen molar-refractivity contribution in [1.29, 1.82) is 0 Å². The summed E-state index contributed by atoms with van der Waals surface area (Å²) in [6.45, 7) is 5.40. The lowest BCUT2D eigenvalue weighted by atomic mass is 9.98. The number of unbranched alkanes of at least 4 members (excludes halogenated alkanes) is 8. The van der Waals surface area contributed by atoms with Crippen LogP contribution in [0.15, 0.2) is 0 Å². The van der Waals surface area contributed by atoms with Crippen molar-refractivity contribution in [3.63, 3.8) is 0 Å². The van der Waals surface area contributed by atoms with E-state index in [-0.39, 0.29) is 5.92 Å². The molecule has 0 amide bonds. The second kappa shape index (κ2) is 12.4. The second-order valence-electron chi connectivity index (χ2n) is 5.93. The van der Waals surface area contributed by atoms with Gasteiger partial charge in [0.25, 0.3) is 0 Å². The molecule has 0 aliphatic rings. The lowest BCUT2D eigenvalue weighted by Crippen LogP contribution is -2.05. The summed E-state index contributed by atoms with van der Waals surface area (Å²) >= 11 is 0. The summed E-state index contributed by atoms with van der Waals surface area (Å²) in [5.41, 5.74) is 0. The number of rotatable bonds is 13. The van der Waals surface area contributed by atoms with E-state index in [4.69, 9.17) is 0 Å². The van der Waals surface area contributed by atoms with Gasteiger partial charge in [-0.05, 0) is 26.7 Å². The molecule has 0 saturated heterocycles. The van der Waals surface area contributed by atoms with E-state index in [9.17, 15) is 9.59 Å². The summed E-state index contributed by atoms with van der Waals surface area (Å²) < 4.78 is 0. The molecule has 1 atom stereocenters. The van der Waals surface area contributed by atoms with Gasteiger partial charge in [-0.1, -0.05) is 58.3 Å². The molecule has 19 heavy (non-hydrogen) atoms. The molecule has 0 unspecified atom stereocenters. The maximum Gasteiger partial charge on any atom is 0.132 e. The molecule has 0 N–H and O–H groups in total. The number of hydrogen-bond acceptors (Lipinski definition) is 2. The Balaban J connectivity index is 3.11. The lowest BCUT2D eigenvalue weighted by molar-refractivity contribution is -0.120. The highest BCUT2D eigenvalue weighted by Gasteiger charge is 2.05. The summed E-state index contributed by atoms with van der Waals surface area (Å²) in [5.74, 6) is 0.895. The van der Waals surface area contributed by atoms with Gasteiger partial charge in [0.15, 0.2) is 0 Å². The summed E-state index contributed by atoms with van der Waals surface area (Å²) in [4.78, 5) is 21.8. The fourth-order valence-corrected chi connectivity index (χ4v) is 2.27. The van der Waals surface area contributed by atoms with Gasteiger partial charge >= 0.3 is 0 Å². The normalized spacial score (nSPS) is 12.4. The zero-order chi connectivity index (χ0) is 14.5. The Labute approximate surface area is 119 Å². The van der Waals surface area contributed by atoms with E-state index in [1.165, 1.54) is 51.4 Å². The second-order valence-corrected chi connectivity index (χ2v) is 5.93. The van der Waals surface area contributed by atoms with Crippen LogP contribution in [0.2, 0.25) is 0 Å². The first-order chi connectivity index (χ1) is 9.04. The van der Waals surface area contributed by atoms with E-state index in [2.05, 4.69) is 0 Å². The van der Waals surface area contributed by atoms with E-state index in [1.54, 1.807) is 13.8 Å². The van der Waals surface area contributed by atoms with E-state index in [1.807, 2.05) is 6.92 Å². The minimum Gasteiger partial charge on any atom is -0.300 e. The van der Waals surface area contributed by atoms with Gasteiger partial charge in [0, 0.05) is 12.3 Å². The molecular formula is C17H32O2. The summed E-state index contributed by atoms with van der Waals surface area (Å²) in [7, 11) is 0. The largest absolute Gasteiger partial charge is 0.300 e. The van der Waals surface area contributed by atoms with Crippen molar-refractivity contribution in [2.45, 2.75) is 91.4 Å². The third-order valence-electron chi connectivity index (χ3n) is 3.86. The van der Waals surface area contributed by atoms with Crippen molar-refractivity contribution in [3.8, 4) is 0 Å². The van der Waals surface area contributed by atoms with Crippen LogP contribution in [-0.4, -0.2) is 11.6 Å². The first kappa shape index (κ1) is 18.3. The number of hydrogen-bond donors (Lipinski definition) is 0. The molecular weight excluding hydrogens is 236 g/mol. The van der Waals surface area contributed by atoms with Gasteiger partial charge in [-0.25, -0.2) is 0 Å². The van der Waals surface area contributed by atoms with Crippen molar-refractivity contribution in [1.82, 2.24) is 0 Å². The maximum atomic E-state index is 11.1. The van der Waals surface area contributed by atoms with Crippen LogP contribution < -0.4 is 0 Å². The minimum atomic E-state index is 0.251. The van der Waals surface area contributed by atoms with Crippen molar-refractivity contribution in [2.24, 2.45) is 5.92 Å². The van der Waals surface area contributed by atoms with E-state index in [0.717, 1.165) is 19.3 Å². The highest BCUT2D eigenvalue weighted by Crippen LogP contribution is 2.14. The fourth-order valence-electron chi connectivity index (χ4n) is 2.27. The van der Waals surface area contributed by atoms with Crippen LogP contribution in [0.25, 0.3) is 0 Å². The Morgan fingerprint density at radius 3 is 1.58 bits per heavy atom. The molecule has 112 valence electrons. The molecule has 0 heterocycles. The topological polar surface area (TPSA) is 34.1 Å². The van der Waals surface area contributed by atoms with Crippen LogP contribution in [0, 0.1) is 5.92 Å². The molecule has 0 aliphatic heterocycles. The minimum absolute atomic E-state index is 0.251. The molecule has 2 nitrogen and oxygen atoms in total. The highest BCUT2D eigenvalue weighted by molar-refractivity contribution is 5.77. The Hall–Kier alpha value is -0.660. The predicted octanol–water partition coefficient (Wildman–Crippen LogP) is 5.09. The smallest absolute Gasteiger partial charge is 0.132 e. The van der Waals surface area contributed by atoms with Crippen LogP contribution in [0.5, 0.6) is 0 Å². The Bertz CT molecular complexity index is 246. The number of Topliss-reactive ketones (excluding diaryl/α,β-unsaturated/α-hetero) is 2. The van der Waals surface area contributed by atoms with Crippen LogP contribution in [-0.2, 0) is 9.59 Å². The molecule has 0 bridgehead atoms. The van der Waals surface area contributed by atoms with Crippen molar-refractivity contribution < 1.29 is 9.59 Å². The highest BCUT2D eigenvalue weighted by atomic mass is 16.1. The van der Waals surface area contributed by atoms with Crippen LogP contribution >= 0.6 is 0 Å². The average Bonchev–Trinajstić information content (AvgIpc) is 2.35. The van der Waals surface area contributed by atoms with Gasteiger partial charge in [0.05, 0.1) is 0 Å². The maximum absolute atomic E-state index is 11.1. The number of carbonyl (C=O) groups excluding carboxylic acids is 2. The Morgan fingerprint density at radius 2 is 1.16 bits per heavy atom. The SMILES string of the molecule is CC(=O)CCCCCCCCCCC[C@H](C)C(C)=O. The fraction of sp³-hybridized carbons (Fsp3) is 0.882. The average molecular weight is 268 g/mol. The van der Waals surface area contributed by atoms with Crippen molar-refractivity contribution in [2.75, 3.05) is 0 Å². The van der Waals surface area contributed by atoms with Crippen molar-refractivity contribution >= 4 is 11.6 Å². The van der Waals surface area contributed by atoms with E-state index in [0.29, 0.717) is 11.6 Å². The molecule has 0 saturated carbocycles. The van der Waals surface area contributed by atoms with Gasteiger partial charge in [-0.2, -0.15) is 0 Å². The molecule has 0 aromatic carbocycles. The Kier molecular flexibility index (Phi) is 11.9. The standard InChI is InChI=1S/C17H32O2/c1-15(17(3)19)13-11-9-7-5-4-6-8-10-12-14-16(2)18/h15H,4-14H2,1-3H3/t15-/m0/s1. The monoisotopic (exact) mass is 268 g/mol. The van der Waals surface area contributed by atoms with Gasteiger partial charge in [-0.15, -0.1) is 0 Å². The van der Waals surface area contributed by atoms with Gasteiger partial charge in [0.2, 0.25) is 0 Å². The van der Waals surface area contributed by atoms with Crippen LogP contribution in [0.3, 0.4) is 0 Å². The zero-order valence-electron chi connectivity index (χ0n) is 13.2. The summed E-state index contributed by atoms with van der Waals surface area (Å²) in [6.07, 6.45) is 13.1. The summed E-state index contributed by atoms with van der Waals surface area (Å²) in [6, 6.07) is 0. The Morgan fingerprint density at radius 1 is 0.737 bits per heavy atom. The van der Waals surface area contributed by atoms with Crippen molar-refractivity contribution in [3.05, 3.63) is 0 Å². The van der Waals surface area contributed by atoms with E-state index < -0.39 is 0 Å². The van der Waals surface area contributed by atoms with Crippen LogP contribution in [0.4, 0.5) is 0 Å².